The van der Waals surface area contributed by atoms with Gasteiger partial charge in [-0.25, -0.2) is 4.98 Å². The summed E-state index contributed by atoms with van der Waals surface area (Å²) >= 11 is 7.34. The van der Waals surface area contributed by atoms with Crippen molar-refractivity contribution in [2.75, 3.05) is 6.54 Å². The quantitative estimate of drug-likeness (QED) is 0.865. The van der Waals surface area contributed by atoms with E-state index in [-0.39, 0.29) is 5.91 Å². The molecule has 1 amide bonds. The molecule has 5 heteroatoms. The van der Waals surface area contributed by atoms with Crippen LogP contribution in [-0.4, -0.2) is 17.4 Å². The Bertz CT molecular complexity index is 482. The standard InChI is InChI=1S/C12H11ClN2OS/c13-11-4-3-9(8-15-11)12(16)14-6-5-10-2-1-7-17-10/h1-4,7-8H,5-6H2,(H,14,16). The Hall–Kier alpha value is -1.39. The Morgan fingerprint density at radius 3 is 2.94 bits per heavy atom. The van der Waals surface area contributed by atoms with Gasteiger partial charge in [0, 0.05) is 17.6 Å². The molecule has 0 saturated carbocycles. The van der Waals surface area contributed by atoms with E-state index < -0.39 is 0 Å². The SMILES string of the molecule is O=C(NCCc1cccs1)c1ccc(Cl)nc1. The lowest BCUT2D eigenvalue weighted by molar-refractivity contribution is 0.0954. The van der Waals surface area contributed by atoms with Gasteiger partial charge in [0.1, 0.15) is 5.15 Å². The third-order valence-corrected chi connectivity index (χ3v) is 3.39. The van der Waals surface area contributed by atoms with E-state index in [9.17, 15) is 4.79 Å². The van der Waals surface area contributed by atoms with Gasteiger partial charge in [-0.1, -0.05) is 17.7 Å². The second-order valence-electron chi connectivity index (χ2n) is 3.45. The monoisotopic (exact) mass is 266 g/mol. The summed E-state index contributed by atoms with van der Waals surface area (Å²) in [6.07, 6.45) is 2.33. The van der Waals surface area contributed by atoms with Gasteiger partial charge in [-0.15, -0.1) is 11.3 Å². The molecule has 0 aliphatic heterocycles. The van der Waals surface area contributed by atoms with Gasteiger partial charge in [-0.2, -0.15) is 0 Å². The second kappa shape index (κ2) is 5.80. The van der Waals surface area contributed by atoms with E-state index in [1.54, 1.807) is 23.5 Å². The van der Waals surface area contributed by atoms with Crippen molar-refractivity contribution in [1.29, 1.82) is 0 Å². The van der Waals surface area contributed by atoms with Gasteiger partial charge in [0.15, 0.2) is 0 Å². The number of halogens is 1. The maximum absolute atomic E-state index is 11.7. The average molecular weight is 267 g/mol. The van der Waals surface area contributed by atoms with E-state index in [1.165, 1.54) is 11.1 Å². The number of nitrogens with one attached hydrogen (secondary N) is 1. The van der Waals surface area contributed by atoms with Crippen molar-refractivity contribution in [3.05, 3.63) is 51.4 Å². The molecule has 0 fully saturated rings. The largest absolute Gasteiger partial charge is 0.352 e. The first kappa shape index (κ1) is 12.1. The van der Waals surface area contributed by atoms with Gasteiger partial charge in [0.2, 0.25) is 0 Å². The van der Waals surface area contributed by atoms with Crippen LogP contribution in [0.2, 0.25) is 5.15 Å². The summed E-state index contributed by atoms with van der Waals surface area (Å²) < 4.78 is 0. The Morgan fingerprint density at radius 2 is 2.29 bits per heavy atom. The minimum Gasteiger partial charge on any atom is -0.352 e. The topological polar surface area (TPSA) is 42.0 Å². The van der Waals surface area contributed by atoms with Crippen molar-refractivity contribution in [3.63, 3.8) is 0 Å². The molecule has 0 aromatic carbocycles. The van der Waals surface area contributed by atoms with Crippen LogP contribution in [0.25, 0.3) is 0 Å². The Kier molecular flexibility index (Phi) is 4.12. The lowest BCUT2D eigenvalue weighted by atomic mass is 10.2. The number of rotatable bonds is 4. The summed E-state index contributed by atoms with van der Waals surface area (Å²) in [5.74, 6) is -0.120. The number of hydrogen-bond donors (Lipinski definition) is 1. The van der Waals surface area contributed by atoms with E-state index in [0.717, 1.165) is 6.42 Å². The molecule has 0 radical (unpaired) electrons. The molecule has 0 spiro atoms. The molecule has 0 aliphatic rings. The smallest absolute Gasteiger partial charge is 0.252 e. The summed E-state index contributed by atoms with van der Waals surface area (Å²) in [5, 5.41) is 5.26. The minimum absolute atomic E-state index is 0.120. The first-order valence-electron chi connectivity index (χ1n) is 5.18. The van der Waals surface area contributed by atoms with Crippen LogP contribution >= 0.6 is 22.9 Å². The highest BCUT2D eigenvalue weighted by Gasteiger charge is 2.05. The normalized spacial score (nSPS) is 10.2. The predicted molar refractivity (Wildman–Crippen MR) is 69.6 cm³/mol. The molecule has 0 aliphatic carbocycles. The zero-order valence-corrected chi connectivity index (χ0v) is 10.6. The first-order chi connectivity index (χ1) is 8.25. The summed E-state index contributed by atoms with van der Waals surface area (Å²) in [7, 11) is 0. The van der Waals surface area contributed by atoms with Gasteiger partial charge in [-0.05, 0) is 30.0 Å². The van der Waals surface area contributed by atoms with Crippen molar-refractivity contribution in [3.8, 4) is 0 Å². The van der Waals surface area contributed by atoms with Crippen LogP contribution in [0.4, 0.5) is 0 Å². The second-order valence-corrected chi connectivity index (χ2v) is 4.87. The fourth-order valence-corrected chi connectivity index (χ4v) is 2.19. The molecule has 3 nitrogen and oxygen atoms in total. The molecule has 0 bridgehead atoms. The summed E-state index contributed by atoms with van der Waals surface area (Å²) in [5.41, 5.74) is 0.528. The van der Waals surface area contributed by atoms with Crippen molar-refractivity contribution in [2.45, 2.75) is 6.42 Å². The molecule has 17 heavy (non-hydrogen) atoms. The van der Waals surface area contributed by atoms with Crippen LogP contribution in [0.1, 0.15) is 15.2 Å². The van der Waals surface area contributed by atoms with Gasteiger partial charge in [-0.3, -0.25) is 4.79 Å². The van der Waals surface area contributed by atoms with Crippen molar-refractivity contribution in [2.24, 2.45) is 0 Å². The van der Waals surface area contributed by atoms with Crippen LogP contribution in [0.15, 0.2) is 35.8 Å². The van der Waals surface area contributed by atoms with Gasteiger partial charge >= 0.3 is 0 Å². The highest BCUT2D eigenvalue weighted by atomic mass is 35.5. The van der Waals surface area contributed by atoms with Crippen molar-refractivity contribution < 1.29 is 4.79 Å². The van der Waals surface area contributed by atoms with Gasteiger partial charge in [0.25, 0.3) is 5.91 Å². The fourth-order valence-electron chi connectivity index (χ4n) is 1.37. The fraction of sp³-hybridized carbons (Fsp3) is 0.167. The third-order valence-electron chi connectivity index (χ3n) is 2.23. The molecular formula is C12H11ClN2OS. The number of carbonyl (C=O) groups is 1. The van der Waals surface area contributed by atoms with Crippen LogP contribution in [0.5, 0.6) is 0 Å². The molecular weight excluding hydrogens is 256 g/mol. The number of hydrogen-bond acceptors (Lipinski definition) is 3. The molecule has 0 atom stereocenters. The zero-order valence-electron chi connectivity index (χ0n) is 9.02. The van der Waals surface area contributed by atoms with Crippen molar-refractivity contribution >= 4 is 28.8 Å². The highest BCUT2D eigenvalue weighted by Crippen LogP contribution is 2.08. The van der Waals surface area contributed by atoms with Crippen LogP contribution in [0.3, 0.4) is 0 Å². The van der Waals surface area contributed by atoms with E-state index in [2.05, 4.69) is 16.4 Å². The molecule has 2 heterocycles. The summed E-state index contributed by atoms with van der Waals surface area (Å²) in [6, 6.07) is 7.33. The number of carbonyl (C=O) groups excluding carboxylic acids is 1. The number of amides is 1. The Labute approximate surface area is 108 Å². The van der Waals surface area contributed by atoms with Gasteiger partial charge < -0.3 is 5.32 Å². The maximum Gasteiger partial charge on any atom is 0.252 e. The molecule has 88 valence electrons. The van der Waals surface area contributed by atoms with Crippen LogP contribution in [0, 0.1) is 0 Å². The summed E-state index contributed by atoms with van der Waals surface area (Å²) in [6.45, 7) is 0.627. The third kappa shape index (κ3) is 3.54. The Morgan fingerprint density at radius 1 is 1.41 bits per heavy atom. The molecule has 2 aromatic rings. The zero-order chi connectivity index (χ0) is 12.1. The van der Waals surface area contributed by atoms with E-state index in [4.69, 9.17) is 11.6 Å². The molecule has 1 N–H and O–H groups in total. The molecule has 0 unspecified atom stereocenters. The number of pyridine rings is 1. The predicted octanol–water partition coefficient (Wildman–Crippen LogP) is 2.77. The number of thiophene rings is 1. The highest BCUT2D eigenvalue weighted by molar-refractivity contribution is 7.09. The van der Waals surface area contributed by atoms with Crippen LogP contribution < -0.4 is 5.32 Å². The van der Waals surface area contributed by atoms with Crippen LogP contribution in [-0.2, 0) is 6.42 Å². The Balaban J connectivity index is 1.83. The summed E-state index contributed by atoms with van der Waals surface area (Å²) in [4.78, 5) is 16.8. The first-order valence-corrected chi connectivity index (χ1v) is 6.43. The van der Waals surface area contributed by atoms with Crippen molar-refractivity contribution in [1.82, 2.24) is 10.3 Å². The maximum atomic E-state index is 11.7. The number of aromatic nitrogens is 1. The van der Waals surface area contributed by atoms with E-state index in [0.29, 0.717) is 17.3 Å². The molecule has 0 saturated heterocycles. The van der Waals surface area contributed by atoms with Gasteiger partial charge in [0.05, 0.1) is 5.56 Å². The number of nitrogens with zero attached hydrogens (tertiary/aromatic N) is 1. The molecule has 2 rings (SSSR count). The van der Waals surface area contributed by atoms with E-state index >= 15 is 0 Å². The molecule has 2 aromatic heterocycles. The average Bonchev–Trinajstić information content (AvgIpc) is 2.83. The lowest BCUT2D eigenvalue weighted by Gasteiger charge is -2.03. The minimum atomic E-state index is -0.120. The van der Waals surface area contributed by atoms with E-state index in [1.807, 2.05) is 11.4 Å². The lowest BCUT2D eigenvalue weighted by Crippen LogP contribution is -2.25.